The first-order valence-electron chi connectivity index (χ1n) is 8.59. The first-order valence-corrected chi connectivity index (χ1v) is 9.57. The van der Waals surface area contributed by atoms with Gasteiger partial charge in [-0.2, -0.15) is 5.26 Å². The predicted octanol–water partition coefficient (Wildman–Crippen LogP) is 4.10. The number of rotatable bonds is 7. The normalized spacial score (nSPS) is 10.5. The van der Waals surface area contributed by atoms with E-state index in [0.717, 1.165) is 16.3 Å². The molecule has 0 spiro atoms. The van der Waals surface area contributed by atoms with E-state index in [2.05, 4.69) is 16.0 Å². The third-order valence-corrected chi connectivity index (χ3v) is 4.95. The van der Waals surface area contributed by atoms with E-state index in [0.29, 0.717) is 11.3 Å². The van der Waals surface area contributed by atoms with Crippen LogP contribution in [0.5, 0.6) is 0 Å². The molecule has 1 heterocycles. The lowest BCUT2D eigenvalue weighted by Crippen LogP contribution is -2.21. The number of aromatic nitrogens is 1. The number of amides is 1. The number of carbonyl (C=O) groups excluding carboxylic acids is 2. The predicted molar refractivity (Wildman–Crippen MR) is 106 cm³/mol. The van der Waals surface area contributed by atoms with Crippen LogP contribution in [0.3, 0.4) is 0 Å². The number of aryl methyl sites for hydroxylation is 1. The summed E-state index contributed by atoms with van der Waals surface area (Å²) >= 11 is 1.33. The molecule has 0 atom stereocenters. The molecule has 27 heavy (non-hydrogen) atoms. The zero-order valence-corrected chi connectivity index (χ0v) is 16.7. The number of thioether (sulfide) groups is 1. The number of ether oxygens (including phenoxy) is 1. The van der Waals surface area contributed by atoms with E-state index in [9.17, 15) is 9.59 Å². The molecule has 1 aromatic carbocycles. The highest BCUT2D eigenvalue weighted by atomic mass is 32.2. The van der Waals surface area contributed by atoms with Crippen LogP contribution in [0.4, 0.5) is 5.69 Å². The number of anilines is 1. The Morgan fingerprint density at radius 2 is 2.00 bits per heavy atom. The zero-order valence-electron chi connectivity index (χ0n) is 15.9. The molecule has 0 unspecified atom stereocenters. The Labute approximate surface area is 163 Å². The fourth-order valence-corrected chi connectivity index (χ4v) is 3.65. The molecule has 0 fully saturated rings. The molecular weight excluding hydrogens is 362 g/mol. The third-order valence-electron chi connectivity index (χ3n) is 4.01. The maximum atomic E-state index is 12.4. The molecule has 1 amide bonds. The summed E-state index contributed by atoms with van der Waals surface area (Å²) in [6, 6.07) is 11.3. The van der Waals surface area contributed by atoms with Crippen LogP contribution in [0, 0.1) is 25.2 Å². The van der Waals surface area contributed by atoms with E-state index in [1.165, 1.54) is 11.8 Å². The lowest BCUT2D eigenvalue weighted by molar-refractivity contribution is -0.119. The minimum Gasteiger partial charge on any atom is -0.452 e. The van der Waals surface area contributed by atoms with Crippen molar-refractivity contribution in [1.82, 2.24) is 4.57 Å². The Morgan fingerprint density at radius 3 is 2.63 bits per heavy atom. The van der Waals surface area contributed by atoms with Crippen LogP contribution in [-0.2, 0) is 9.53 Å². The lowest BCUT2D eigenvalue weighted by Gasteiger charge is -2.13. The number of para-hydroxylation sites is 1. The van der Waals surface area contributed by atoms with Crippen molar-refractivity contribution in [2.45, 2.75) is 38.6 Å². The molecule has 0 saturated heterocycles. The van der Waals surface area contributed by atoms with Crippen molar-refractivity contribution in [3.63, 3.8) is 0 Å². The number of hydrogen-bond donors (Lipinski definition) is 1. The van der Waals surface area contributed by atoms with Gasteiger partial charge in [0.05, 0.1) is 23.1 Å². The molecule has 0 aliphatic heterocycles. The second-order valence-corrected chi connectivity index (χ2v) is 7.33. The van der Waals surface area contributed by atoms with Gasteiger partial charge in [0.1, 0.15) is 0 Å². The van der Waals surface area contributed by atoms with Crippen LogP contribution in [0.1, 0.15) is 41.6 Å². The number of nitrogens with one attached hydrogen (secondary N) is 1. The second kappa shape index (κ2) is 9.28. The zero-order chi connectivity index (χ0) is 20.0. The summed E-state index contributed by atoms with van der Waals surface area (Å²) in [5.41, 5.74) is 2.87. The average molecular weight is 385 g/mol. The Balaban J connectivity index is 2.00. The summed E-state index contributed by atoms with van der Waals surface area (Å²) in [6.07, 6.45) is 0. The molecule has 0 radical (unpaired) electrons. The van der Waals surface area contributed by atoms with E-state index in [1.54, 1.807) is 18.2 Å². The second-order valence-electron chi connectivity index (χ2n) is 6.32. The summed E-state index contributed by atoms with van der Waals surface area (Å²) in [5.74, 6) is -0.656. The topological polar surface area (TPSA) is 84.1 Å². The summed E-state index contributed by atoms with van der Waals surface area (Å²) in [6.45, 7) is 7.52. The fraction of sp³-hybridized carbons (Fsp3) is 0.350. The van der Waals surface area contributed by atoms with Gasteiger partial charge in [0.15, 0.2) is 6.61 Å². The molecule has 0 bridgehead atoms. The maximum absolute atomic E-state index is 12.4. The van der Waals surface area contributed by atoms with Crippen LogP contribution in [0.25, 0.3) is 0 Å². The van der Waals surface area contributed by atoms with Gasteiger partial charge in [-0.15, -0.1) is 11.8 Å². The summed E-state index contributed by atoms with van der Waals surface area (Å²) < 4.78 is 7.24. The smallest absolute Gasteiger partial charge is 0.340 e. The van der Waals surface area contributed by atoms with Crippen molar-refractivity contribution in [2.24, 2.45) is 0 Å². The quantitative estimate of drug-likeness (QED) is 0.573. The van der Waals surface area contributed by atoms with E-state index in [1.807, 2.05) is 39.8 Å². The Morgan fingerprint density at radius 1 is 1.30 bits per heavy atom. The first kappa shape index (κ1) is 20.6. The molecule has 0 aliphatic rings. The van der Waals surface area contributed by atoms with Gasteiger partial charge in [-0.25, -0.2) is 4.79 Å². The van der Waals surface area contributed by atoms with Gasteiger partial charge in [0.2, 0.25) is 0 Å². The highest BCUT2D eigenvalue weighted by Gasteiger charge is 2.19. The summed E-state index contributed by atoms with van der Waals surface area (Å²) in [7, 11) is 0. The maximum Gasteiger partial charge on any atom is 0.340 e. The van der Waals surface area contributed by atoms with Crippen molar-refractivity contribution >= 4 is 29.3 Å². The molecule has 6 nitrogen and oxygen atoms in total. The van der Waals surface area contributed by atoms with Crippen LogP contribution in [0.15, 0.2) is 35.2 Å². The van der Waals surface area contributed by atoms with Crippen molar-refractivity contribution in [1.29, 1.82) is 5.26 Å². The van der Waals surface area contributed by atoms with E-state index < -0.39 is 11.9 Å². The van der Waals surface area contributed by atoms with Gasteiger partial charge in [-0.05, 0) is 45.9 Å². The van der Waals surface area contributed by atoms with Gasteiger partial charge >= 0.3 is 5.97 Å². The van der Waals surface area contributed by atoms with Gasteiger partial charge in [-0.1, -0.05) is 12.1 Å². The van der Waals surface area contributed by atoms with Crippen molar-refractivity contribution in [3.8, 4) is 6.07 Å². The minimum absolute atomic E-state index is 0.234. The molecule has 1 N–H and O–H groups in total. The molecule has 1 aromatic heterocycles. The molecule has 0 aliphatic carbocycles. The fourth-order valence-electron chi connectivity index (χ4n) is 2.98. The third kappa shape index (κ3) is 5.14. The number of benzene rings is 1. The van der Waals surface area contributed by atoms with Gasteiger partial charge in [-0.3, -0.25) is 4.79 Å². The standard InChI is InChI=1S/C20H23N3O3S/c1-13(2)23-14(3)11-16(15(23)4)20(25)26-12-19(24)22-17-7-5-6-8-18(17)27-10-9-21/h5-8,11,13H,10,12H2,1-4H3,(H,22,24). The number of nitriles is 1. The lowest BCUT2D eigenvalue weighted by atomic mass is 10.2. The Bertz CT molecular complexity index is 881. The largest absolute Gasteiger partial charge is 0.452 e. The number of hydrogen-bond acceptors (Lipinski definition) is 5. The highest BCUT2D eigenvalue weighted by Crippen LogP contribution is 2.26. The van der Waals surface area contributed by atoms with Gasteiger partial charge in [0, 0.05) is 22.3 Å². The molecule has 2 rings (SSSR count). The van der Waals surface area contributed by atoms with Gasteiger partial charge < -0.3 is 14.6 Å². The van der Waals surface area contributed by atoms with Gasteiger partial charge in [0.25, 0.3) is 5.91 Å². The van der Waals surface area contributed by atoms with E-state index in [4.69, 9.17) is 10.00 Å². The van der Waals surface area contributed by atoms with E-state index in [-0.39, 0.29) is 18.4 Å². The van der Waals surface area contributed by atoms with Crippen LogP contribution in [-0.4, -0.2) is 28.8 Å². The monoisotopic (exact) mass is 385 g/mol. The number of carbonyl (C=O) groups is 2. The number of nitrogens with zero attached hydrogens (tertiary/aromatic N) is 2. The summed E-state index contributed by atoms with van der Waals surface area (Å²) in [5, 5.41) is 11.4. The Kier molecular flexibility index (Phi) is 7.08. The average Bonchev–Trinajstić information content (AvgIpc) is 2.93. The van der Waals surface area contributed by atoms with Crippen LogP contribution >= 0.6 is 11.8 Å². The molecule has 7 heteroatoms. The molecule has 142 valence electrons. The van der Waals surface area contributed by atoms with Crippen LogP contribution < -0.4 is 5.32 Å². The highest BCUT2D eigenvalue weighted by molar-refractivity contribution is 7.99. The van der Waals surface area contributed by atoms with Crippen molar-refractivity contribution in [3.05, 3.63) is 47.3 Å². The number of esters is 1. The molecule has 2 aromatic rings. The minimum atomic E-state index is -0.516. The van der Waals surface area contributed by atoms with Crippen LogP contribution in [0.2, 0.25) is 0 Å². The van der Waals surface area contributed by atoms with Crippen molar-refractivity contribution in [2.75, 3.05) is 17.7 Å². The van der Waals surface area contributed by atoms with E-state index >= 15 is 0 Å². The Hall–Kier alpha value is -2.72. The molecular formula is C20H23N3O3S. The summed E-state index contributed by atoms with van der Waals surface area (Å²) in [4.78, 5) is 25.3. The first-order chi connectivity index (χ1) is 12.8. The molecule has 0 saturated carbocycles. The SMILES string of the molecule is Cc1cc(C(=O)OCC(=O)Nc2ccccc2SCC#N)c(C)n1C(C)C. The van der Waals surface area contributed by atoms with Crippen molar-refractivity contribution < 1.29 is 14.3 Å².